The number of hydrogen-bond donors (Lipinski definition) is 4. The lowest BCUT2D eigenvalue weighted by atomic mass is 10.2. The summed E-state index contributed by atoms with van der Waals surface area (Å²) in [4.78, 5) is 36.3. The lowest BCUT2D eigenvalue weighted by molar-refractivity contribution is -0.142. The van der Waals surface area contributed by atoms with Crippen molar-refractivity contribution in [1.82, 2.24) is 9.47 Å². The number of carboxylic acids is 1. The van der Waals surface area contributed by atoms with Crippen molar-refractivity contribution in [2.45, 2.75) is 19.0 Å². The maximum absolute atomic E-state index is 12.6. The summed E-state index contributed by atoms with van der Waals surface area (Å²) in [7, 11) is 1.44. The van der Waals surface area contributed by atoms with E-state index in [0.717, 1.165) is 6.20 Å². The van der Waals surface area contributed by atoms with Crippen LogP contribution in [0.4, 0.5) is 0 Å². The molecule has 0 saturated carbocycles. The number of halogens is 2. The number of nitrogens with two attached hydrogens (primary N) is 1. The van der Waals surface area contributed by atoms with E-state index >= 15 is 0 Å². The van der Waals surface area contributed by atoms with Crippen LogP contribution in [0.2, 0.25) is 10.0 Å². The van der Waals surface area contributed by atoms with Crippen LogP contribution in [0.3, 0.4) is 0 Å². The summed E-state index contributed by atoms with van der Waals surface area (Å²) in [6.07, 6.45) is 0.323. The number of benzene rings is 1. The molecule has 0 radical (unpaired) electrons. The Morgan fingerprint density at radius 3 is 2.39 bits per heavy atom. The average Bonchev–Trinajstić information content (AvgIpc) is 2.90. The fourth-order valence-corrected chi connectivity index (χ4v) is 2.90. The molecular formula is C17H17Cl2N3O6. The summed E-state index contributed by atoms with van der Waals surface area (Å²) in [5.41, 5.74) is 5.35. The summed E-state index contributed by atoms with van der Waals surface area (Å²) in [6.45, 7) is 0.102. The van der Waals surface area contributed by atoms with Crippen molar-refractivity contribution in [3.8, 4) is 11.6 Å². The van der Waals surface area contributed by atoms with E-state index in [-0.39, 0.29) is 12.1 Å². The molecule has 0 spiro atoms. The molecule has 2 aromatic rings. The molecule has 150 valence electrons. The average molecular weight is 430 g/mol. The molecule has 1 unspecified atom stereocenters. The molecule has 0 bridgehead atoms. The zero-order chi connectivity index (χ0) is 21.2. The highest BCUT2D eigenvalue weighted by Gasteiger charge is 2.30. The number of amides is 2. The molecule has 11 heteroatoms. The zero-order valence-corrected chi connectivity index (χ0v) is 16.1. The fourth-order valence-electron chi connectivity index (χ4n) is 2.58. The highest BCUT2D eigenvalue weighted by Crippen LogP contribution is 2.35. The van der Waals surface area contributed by atoms with Crippen LogP contribution in [0.25, 0.3) is 0 Å². The van der Waals surface area contributed by atoms with Gasteiger partial charge in [-0.1, -0.05) is 29.3 Å². The number of carbonyl (C=O) groups excluding carboxylic acids is 2. The Kier molecular flexibility index (Phi) is 6.42. The lowest BCUT2D eigenvalue weighted by Gasteiger charge is -2.17. The van der Waals surface area contributed by atoms with E-state index in [1.807, 2.05) is 0 Å². The van der Waals surface area contributed by atoms with Crippen molar-refractivity contribution in [2.75, 3.05) is 7.05 Å². The largest absolute Gasteiger partial charge is 0.503 e. The van der Waals surface area contributed by atoms with Gasteiger partial charge >= 0.3 is 5.97 Å². The van der Waals surface area contributed by atoms with Gasteiger partial charge in [-0.25, -0.2) is 4.79 Å². The molecule has 28 heavy (non-hydrogen) atoms. The predicted octanol–water partition coefficient (Wildman–Crippen LogP) is 1.98. The molecule has 0 aliphatic rings. The van der Waals surface area contributed by atoms with Gasteiger partial charge in [0.05, 0.1) is 16.5 Å². The monoisotopic (exact) mass is 429 g/mol. The van der Waals surface area contributed by atoms with Crippen molar-refractivity contribution in [3.05, 3.63) is 45.6 Å². The normalized spacial score (nSPS) is 11.8. The molecule has 0 saturated heterocycles. The first-order chi connectivity index (χ1) is 13.0. The van der Waals surface area contributed by atoms with E-state index in [1.54, 1.807) is 18.2 Å². The van der Waals surface area contributed by atoms with Gasteiger partial charge in [-0.2, -0.15) is 0 Å². The topological polar surface area (TPSA) is 146 Å². The maximum Gasteiger partial charge on any atom is 0.327 e. The van der Waals surface area contributed by atoms with Gasteiger partial charge in [0, 0.05) is 19.8 Å². The van der Waals surface area contributed by atoms with Crippen LogP contribution in [-0.4, -0.2) is 49.6 Å². The number of nitrogens with zero attached hydrogens (tertiary/aromatic N) is 2. The van der Waals surface area contributed by atoms with Gasteiger partial charge in [-0.15, -0.1) is 0 Å². The van der Waals surface area contributed by atoms with E-state index in [9.17, 15) is 29.7 Å². The van der Waals surface area contributed by atoms with E-state index in [0.29, 0.717) is 20.2 Å². The molecule has 0 aliphatic carbocycles. The third-order valence-corrected chi connectivity index (χ3v) is 4.71. The second kappa shape index (κ2) is 8.41. The van der Waals surface area contributed by atoms with Crippen molar-refractivity contribution in [2.24, 2.45) is 5.73 Å². The van der Waals surface area contributed by atoms with Crippen LogP contribution in [0.15, 0.2) is 24.4 Å². The smallest absolute Gasteiger partial charge is 0.327 e. The van der Waals surface area contributed by atoms with E-state index in [2.05, 4.69) is 0 Å². The van der Waals surface area contributed by atoms with Crippen LogP contribution < -0.4 is 5.73 Å². The number of aliphatic carboxylic acids is 1. The van der Waals surface area contributed by atoms with Crippen molar-refractivity contribution < 1.29 is 29.7 Å². The third kappa shape index (κ3) is 4.49. The molecule has 5 N–H and O–H groups in total. The van der Waals surface area contributed by atoms with Crippen LogP contribution in [0, 0.1) is 0 Å². The van der Waals surface area contributed by atoms with Gasteiger partial charge in [-0.3, -0.25) is 9.59 Å². The minimum absolute atomic E-state index is 0.102. The summed E-state index contributed by atoms with van der Waals surface area (Å²) >= 11 is 11.8. The van der Waals surface area contributed by atoms with Gasteiger partial charge < -0.3 is 30.5 Å². The highest BCUT2D eigenvalue weighted by molar-refractivity contribution is 6.42. The molecule has 1 atom stereocenters. The Morgan fingerprint density at radius 2 is 1.86 bits per heavy atom. The van der Waals surface area contributed by atoms with Gasteiger partial charge in [0.1, 0.15) is 11.6 Å². The Balaban J connectivity index is 2.31. The number of carboxylic acid groups (broad SMARTS) is 1. The SMILES string of the molecule is CN(Cc1ccc(Cl)c(Cl)c1)C(=O)c1cn(C(CC(N)=O)C(=O)O)c(O)c1O. The van der Waals surface area contributed by atoms with Crippen LogP contribution in [0.5, 0.6) is 11.6 Å². The molecule has 0 fully saturated rings. The van der Waals surface area contributed by atoms with Gasteiger partial charge in [0.2, 0.25) is 11.8 Å². The van der Waals surface area contributed by atoms with Crippen LogP contribution >= 0.6 is 23.2 Å². The summed E-state index contributed by atoms with van der Waals surface area (Å²) in [6, 6.07) is 3.22. The van der Waals surface area contributed by atoms with Gasteiger partial charge in [0.15, 0.2) is 5.75 Å². The minimum atomic E-state index is -1.58. The summed E-state index contributed by atoms with van der Waals surface area (Å²) in [5.74, 6) is -4.75. The van der Waals surface area contributed by atoms with Crippen molar-refractivity contribution in [3.63, 3.8) is 0 Å². The number of rotatable bonds is 7. The first-order valence-corrected chi connectivity index (χ1v) is 8.61. The predicted molar refractivity (Wildman–Crippen MR) is 101 cm³/mol. The summed E-state index contributed by atoms with van der Waals surface area (Å²) in [5, 5.41) is 30.0. The molecular weight excluding hydrogens is 413 g/mol. The molecule has 1 heterocycles. The Hall–Kier alpha value is -2.91. The molecule has 9 nitrogen and oxygen atoms in total. The van der Waals surface area contributed by atoms with Crippen molar-refractivity contribution in [1.29, 1.82) is 0 Å². The number of primary amides is 1. The van der Waals surface area contributed by atoms with Crippen LogP contribution in [-0.2, 0) is 16.1 Å². The summed E-state index contributed by atoms with van der Waals surface area (Å²) < 4.78 is 0.711. The van der Waals surface area contributed by atoms with E-state index in [4.69, 9.17) is 28.9 Å². The minimum Gasteiger partial charge on any atom is -0.503 e. The first kappa shape index (κ1) is 21.4. The Morgan fingerprint density at radius 1 is 1.21 bits per heavy atom. The van der Waals surface area contributed by atoms with Crippen molar-refractivity contribution >= 4 is 41.0 Å². The quantitative estimate of drug-likeness (QED) is 0.528. The molecule has 2 rings (SSSR count). The van der Waals surface area contributed by atoms with Crippen LogP contribution in [0.1, 0.15) is 28.4 Å². The maximum atomic E-state index is 12.6. The van der Waals surface area contributed by atoms with Gasteiger partial charge in [0.25, 0.3) is 5.91 Å². The molecule has 1 aromatic heterocycles. The second-order valence-corrected chi connectivity index (χ2v) is 6.87. The number of hydrogen-bond acceptors (Lipinski definition) is 5. The lowest BCUT2D eigenvalue weighted by Crippen LogP contribution is -2.27. The Bertz CT molecular complexity index is 943. The first-order valence-electron chi connectivity index (χ1n) is 7.86. The van der Waals surface area contributed by atoms with E-state index < -0.39 is 41.9 Å². The van der Waals surface area contributed by atoms with E-state index in [1.165, 1.54) is 11.9 Å². The second-order valence-electron chi connectivity index (χ2n) is 6.06. The Labute approximate surface area is 169 Å². The number of aromatic hydroxyl groups is 2. The molecule has 2 amide bonds. The van der Waals surface area contributed by atoms with Gasteiger partial charge in [-0.05, 0) is 17.7 Å². The number of carbonyl (C=O) groups is 3. The molecule has 0 aliphatic heterocycles. The standard InChI is InChI=1S/C17H17Cl2N3O6/c1-21(6-8-2-3-10(18)11(19)4-8)15(25)9-7-22(16(26)14(9)24)12(17(27)28)5-13(20)23/h2-4,7,12,24,26H,5-6H2,1H3,(H2,20,23)(H,27,28). The highest BCUT2D eigenvalue weighted by atomic mass is 35.5. The molecule has 1 aromatic carbocycles. The fraction of sp³-hybridized carbons (Fsp3) is 0.235. The number of aromatic nitrogens is 1. The zero-order valence-electron chi connectivity index (χ0n) is 14.6. The third-order valence-electron chi connectivity index (χ3n) is 3.98.